The van der Waals surface area contributed by atoms with E-state index in [1.807, 2.05) is 19.1 Å². The molecule has 0 saturated heterocycles. The van der Waals surface area contributed by atoms with E-state index < -0.39 is 64.4 Å². The van der Waals surface area contributed by atoms with Crippen LogP contribution in [-0.4, -0.2) is 75.8 Å². The molecule has 6 atom stereocenters. The topological polar surface area (TPSA) is 184 Å². The van der Waals surface area contributed by atoms with Crippen molar-refractivity contribution in [1.29, 1.82) is 0 Å². The molecule has 0 aliphatic heterocycles. The molecular weight excluding hydrogens is 530 g/mol. The quantitative estimate of drug-likeness (QED) is 0.368. The van der Waals surface area contributed by atoms with Gasteiger partial charge in [0.1, 0.15) is 5.75 Å². The smallest absolute Gasteiger partial charge is 0.251 e. The Morgan fingerprint density at radius 1 is 1.05 bits per heavy atom. The average molecular weight is 562 g/mol. The molecule has 0 radical (unpaired) electrons. The van der Waals surface area contributed by atoms with Crippen molar-refractivity contribution >= 4 is 34.9 Å². The molecule has 2 fully saturated rings. The molecule has 0 aromatic heterocycles. The van der Waals surface area contributed by atoms with Crippen molar-refractivity contribution in [3.63, 3.8) is 0 Å². The molecule has 214 valence electrons. The minimum atomic E-state index is -2.77. The summed E-state index contributed by atoms with van der Waals surface area (Å²) in [5.41, 5.74) is 4.91. The number of primary amides is 1. The molecule has 2 amide bonds. The zero-order chi connectivity index (χ0) is 30.0. The van der Waals surface area contributed by atoms with Gasteiger partial charge in [-0.2, -0.15) is 0 Å². The molecule has 2 unspecified atom stereocenters. The third kappa shape index (κ3) is 4.27. The van der Waals surface area contributed by atoms with E-state index in [2.05, 4.69) is 5.32 Å². The summed E-state index contributed by atoms with van der Waals surface area (Å²) in [6, 6.07) is 8.72. The summed E-state index contributed by atoms with van der Waals surface area (Å²) in [5, 5.41) is 25.1. The fourth-order valence-corrected chi connectivity index (χ4v) is 6.82. The number of nitrogens with one attached hydrogen (secondary N) is 1. The molecular formula is C30H31N3O8. The van der Waals surface area contributed by atoms with Crippen LogP contribution in [0.5, 0.6) is 5.75 Å². The van der Waals surface area contributed by atoms with Crippen LogP contribution < -0.4 is 11.1 Å². The van der Waals surface area contributed by atoms with Crippen molar-refractivity contribution in [2.24, 2.45) is 29.4 Å². The van der Waals surface area contributed by atoms with Gasteiger partial charge in [-0.25, -0.2) is 0 Å². The van der Waals surface area contributed by atoms with E-state index in [1.165, 1.54) is 25.1 Å². The predicted molar refractivity (Wildman–Crippen MR) is 144 cm³/mol. The Labute approximate surface area is 235 Å². The maximum absolute atomic E-state index is 13.9. The molecule has 11 nitrogen and oxygen atoms in total. The van der Waals surface area contributed by atoms with Gasteiger partial charge >= 0.3 is 0 Å². The summed E-state index contributed by atoms with van der Waals surface area (Å²) in [6.45, 7) is 1.94. The summed E-state index contributed by atoms with van der Waals surface area (Å²) in [6.07, 6.45) is 0.0741. The number of carbonyl (C=O) groups excluding carboxylic acids is 6. The third-order valence-electron chi connectivity index (χ3n) is 8.79. The maximum atomic E-state index is 13.9. The molecule has 5 rings (SSSR count). The van der Waals surface area contributed by atoms with Crippen molar-refractivity contribution in [3.05, 3.63) is 64.2 Å². The Kier molecular flexibility index (Phi) is 6.91. The Hall–Kier alpha value is -4.22. The SMILES string of the molecule is Cc1ccc(C(=O)NCc2ccc(O)c3c2C[C@H]2C[C@H]4[C@H](N(C)C)C(=O)C(C(N)=O)C(=O)[C@@]4(O)C(=O)C2C3=O)cc1. The van der Waals surface area contributed by atoms with Crippen molar-refractivity contribution < 1.29 is 39.0 Å². The highest BCUT2D eigenvalue weighted by molar-refractivity contribution is 6.32. The number of nitrogens with zero attached hydrogens (tertiary/aromatic N) is 1. The van der Waals surface area contributed by atoms with E-state index in [9.17, 15) is 39.0 Å². The first kappa shape index (κ1) is 28.3. The number of fused-ring (bicyclic) bond motifs is 3. The molecule has 3 aliphatic rings. The number of hydrogen-bond acceptors (Lipinski definition) is 9. The Bertz CT molecular complexity index is 1510. The summed E-state index contributed by atoms with van der Waals surface area (Å²) in [4.78, 5) is 80.4. The molecule has 0 heterocycles. The van der Waals surface area contributed by atoms with Gasteiger partial charge in [-0.05, 0) is 69.1 Å². The lowest BCUT2D eigenvalue weighted by atomic mass is 9.52. The van der Waals surface area contributed by atoms with Crippen molar-refractivity contribution in [1.82, 2.24) is 10.2 Å². The van der Waals surface area contributed by atoms with Gasteiger partial charge in [0.25, 0.3) is 5.91 Å². The summed E-state index contributed by atoms with van der Waals surface area (Å²) < 4.78 is 0. The van der Waals surface area contributed by atoms with Crippen LogP contribution >= 0.6 is 0 Å². The first-order valence-corrected chi connectivity index (χ1v) is 13.3. The van der Waals surface area contributed by atoms with Gasteiger partial charge < -0.3 is 21.3 Å². The van der Waals surface area contributed by atoms with Crippen molar-refractivity contribution in [3.8, 4) is 5.75 Å². The number of aryl methyl sites for hydroxylation is 1. The first-order chi connectivity index (χ1) is 19.3. The Morgan fingerprint density at radius 3 is 2.32 bits per heavy atom. The van der Waals surface area contributed by atoms with Crippen LogP contribution in [0.4, 0.5) is 0 Å². The van der Waals surface area contributed by atoms with Gasteiger partial charge in [-0.3, -0.25) is 33.7 Å². The van der Waals surface area contributed by atoms with Gasteiger partial charge in [0.05, 0.1) is 17.5 Å². The molecule has 2 aromatic carbocycles. The second-order valence-electron chi connectivity index (χ2n) is 11.4. The normalized spacial score (nSPS) is 29.0. The molecule has 0 spiro atoms. The lowest BCUT2D eigenvalue weighted by Gasteiger charge is -2.52. The van der Waals surface area contributed by atoms with Crippen LogP contribution in [-0.2, 0) is 32.1 Å². The lowest BCUT2D eigenvalue weighted by molar-refractivity contribution is -0.181. The van der Waals surface area contributed by atoms with E-state index in [0.29, 0.717) is 16.7 Å². The Morgan fingerprint density at radius 2 is 1.71 bits per heavy atom. The van der Waals surface area contributed by atoms with E-state index in [-0.39, 0.29) is 36.6 Å². The van der Waals surface area contributed by atoms with Crippen molar-refractivity contribution in [2.75, 3.05) is 14.1 Å². The zero-order valence-electron chi connectivity index (χ0n) is 22.8. The largest absolute Gasteiger partial charge is 0.507 e. The molecule has 41 heavy (non-hydrogen) atoms. The van der Waals surface area contributed by atoms with E-state index in [0.717, 1.165) is 5.56 Å². The number of aromatic hydroxyl groups is 1. The number of nitrogens with two attached hydrogens (primary N) is 1. The van der Waals surface area contributed by atoms with Gasteiger partial charge in [0.2, 0.25) is 5.91 Å². The van der Waals surface area contributed by atoms with Gasteiger partial charge in [-0.1, -0.05) is 23.8 Å². The zero-order valence-corrected chi connectivity index (χ0v) is 22.8. The maximum Gasteiger partial charge on any atom is 0.251 e. The minimum Gasteiger partial charge on any atom is -0.507 e. The fraction of sp³-hybridized carbons (Fsp3) is 0.400. The lowest BCUT2D eigenvalue weighted by Crippen LogP contribution is -2.74. The highest BCUT2D eigenvalue weighted by Crippen LogP contribution is 2.51. The standard InChI is InChI=1S/C30H31N3O8/c1-13-4-6-14(7-5-13)29(40)32-12-15-8-9-19(34)21-17(15)10-16-11-18-23(33(2)3)25(36)22(28(31)39)27(38)30(18,41)26(37)20(16)24(21)35/h4-9,16,18,20,22-23,34,41H,10-12H2,1-3H3,(H2,31,39)(H,32,40)/t16-,18-,20?,22?,23-,30-/m0/s1. The second-order valence-corrected chi connectivity index (χ2v) is 11.4. The average Bonchev–Trinajstić information content (AvgIpc) is 2.90. The first-order valence-electron chi connectivity index (χ1n) is 13.3. The minimum absolute atomic E-state index is 0.0406. The fourth-order valence-electron chi connectivity index (χ4n) is 6.82. The monoisotopic (exact) mass is 561 g/mol. The number of hydrogen-bond donors (Lipinski definition) is 4. The number of phenolic OH excluding ortho intramolecular Hbond substituents is 1. The second kappa shape index (κ2) is 10.0. The van der Waals surface area contributed by atoms with E-state index in [4.69, 9.17) is 5.73 Å². The number of benzene rings is 2. The predicted octanol–water partition coefficient (Wildman–Crippen LogP) is 0.105. The summed E-state index contributed by atoms with van der Waals surface area (Å²) >= 11 is 0. The highest BCUT2D eigenvalue weighted by atomic mass is 16.3. The number of ketones is 4. The summed E-state index contributed by atoms with van der Waals surface area (Å²) in [5.74, 6) is -11.3. The molecule has 0 bridgehead atoms. The van der Waals surface area contributed by atoms with E-state index in [1.54, 1.807) is 18.2 Å². The number of Topliss-reactive ketones (excluding diaryl/α,β-unsaturated/α-hetero) is 4. The van der Waals surface area contributed by atoms with Gasteiger partial charge in [-0.15, -0.1) is 0 Å². The van der Waals surface area contributed by atoms with Gasteiger partial charge in [0.15, 0.2) is 34.7 Å². The number of carbonyl (C=O) groups is 6. The highest BCUT2D eigenvalue weighted by Gasteiger charge is 2.69. The van der Waals surface area contributed by atoms with Crippen LogP contribution in [0.3, 0.4) is 0 Å². The number of likely N-dealkylation sites (N-methyl/N-ethyl adjacent to an activating group) is 1. The van der Waals surface area contributed by atoms with Crippen LogP contribution in [0.15, 0.2) is 36.4 Å². The number of rotatable bonds is 5. The number of amides is 2. The molecule has 2 aromatic rings. The number of phenols is 1. The molecule has 2 saturated carbocycles. The van der Waals surface area contributed by atoms with Crippen LogP contribution in [0.1, 0.15) is 43.8 Å². The van der Waals surface area contributed by atoms with E-state index >= 15 is 0 Å². The molecule has 11 heteroatoms. The van der Waals surface area contributed by atoms with Crippen LogP contribution in [0.2, 0.25) is 0 Å². The van der Waals surface area contributed by atoms with Crippen LogP contribution in [0.25, 0.3) is 0 Å². The molecule has 5 N–H and O–H groups in total. The van der Waals surface area contributed by atoms with Crippen molar-refractivity contribution in [2.45, 2.75) is 38.0 Å². The Balaban J connectivity index is 1.51. The van der Waals surface area contributed by atoms with Crippen LogP contribution in [0, 0.1) is 30.6 Å². The number of aliphatic hydroxyl groups is 1. The third-order valence-corrected chi connectivity index (χ3v) is 8.79. The summed E-state index contributed by atoms with van der Waals surface area (Å²) in [7, 11) is 3.06. The van der Waals surface area contributed by atoms with Gasteiger partial charge in [0, 0.05) is 18.0 Å². The molecule has 3 aliphatic carbocycles.